The molecule has 0 spiro atoms. The molecule has 2 aromatic rings. The van der Waals surface area contributed by atoms with Crippen molar-refractivity contribution in [3.63, 3.8) is 0 Å². The van der Waals surface area contributed by atoms with Crippen LogP contribution < -0.4 is 5.23 Å². The minimum absolute atomic E-state index is 0.0658. The summed E-state index contributed by atoms with van der Waals surface area (Å²) in [7, 11) is -0.865. The fraction of sp³-hybridized carbons (Fsp3) is 0.391. The first-order chi connectivity index (χ1) is 14.9. The summed E-state index contributed by atoms with van der Waals surface area (Å²) in [5, 5.41) is 13.3. The number of benzene rings is 2. The largest absolute Gasteiger partial charge is 0.437 e. The lowest BCUT2D eigenvalue weighted by molar-refractivity contribution is -0.250. The average Bonchev–Trinajstić information content (AvgIpc) is 2.68. The number of nitrogens with one attached hydrogen (secondary N) is 1. The van der Waals surface area contributed by atoms with Crippen LogP contribution in [0.2, 0.25) is 11.8 Å². The molecule has 0 unspecified atom stereocenters. The van der Waals surface area contributed by atoms with Gasteiger partial charge in [-0.05, 0) is 55.9 Å². The molecule has 3 rings (SSSR count). The zero-order chi connectivity index (χ0) is 23.7. The molecule has 0 aromatic heterocycles. The second-order valence-electron chi connectivity index (χ2n) is 8.78. The van der Waals surface area contributed by atoms with Gasteiger partial charge in [0, 0.05) is 30.5 Å². The third kappa shape index (κ3) is 5.49. The van der Waals surface area contributed by atoms with Crippen LogP contribution in [0.3, 0.4) is 0 Å². The Labute approximate surface area is 192 Å². The molecule has 170 valence electrons. The van der Waals surface area contributed by atoms with Gasteiger partial charge in [0.15, 0.2) is 5.41 Å². The Morgan fingerprint density at radius 2 is 1.69 bits per heavy atom. The molecule has 9 heteroatoms. The Kier molecular flexibility index (Phi) is 6.98. The van der Waals surface area contributed by atoms with Gasteiger partial charge in [-0.3, -0.25) is 9.59 Å². The van der Waals surface area contributed by atoms with E-state index in [1.54, 1.807) is 25.0 Å². The number of hydrogen-bond acceptors (Lipinski definition) is 6. The molecular weight excluding hydrogens is 436 g/mol. The van der Waals surface area contributed by atoms with Gasteiger partial charge in [0.25, 0.3) is 5.79 Å². The highest BCUT2D eigenvalue weighted by Crippen LogP contribution is 2.36. The monoisotopic (exact) mass is 461 g/mol. The van der Waals surface area contributed by atoms with Crippen LogP contribution in [0.25, 0.3) is 11.1 Å². The highest BCUT2D eigenvalue weighted by molar-refractivity contribution is 6.45. The Bertz CT molecular complexity index is 992. The van der Waals surface area contributed by atoms with Crippen molar-refractivity contribution >= 4 is 30.6 Å². The number of esters is 2. The van der Waals surface area contributed by atoms with Crippen LogP contribution >= 0.6 is 11.6 Å². The van der Waals surface area contributed by atoms with Gasteiger partial charge in [0.2, 0.25) is 0 Å². The van der Waals surface area contributed by atoms with E-state index in [2.05, 4.69) is 5.23 Å². The molecule has 2 aromatic carbocycles. The highest BCUT2D eigenvalue weighted by atomic mass is 35.5. The smallest absolute Gasteiger partial charge is 0.373 e. The average molecular weight is 462 g/mol. The second kappa shape index (κ2) is 9.21. The highest BCUT2D eigenvalue weighted by Gasteiger charge is 2.53. The van der Waals surface area contributed by atoms with Crippen molar-refractivity contribution in [3.8, 4) is 11.1 Å². The van der Waals surface area contributed by atoms with Crippen LogP contribution in [-0.4, -0.2) is 35.8 Å². The topological polar surface area (TPSA) is 84.9 Å². The zero-order valence-corrected chi connectivity index (χ0v) is 19.2. The molecule has 0 aliphatic carbocycles. The molecule has 1 aliphatic rings. The number of carbonyl (C=O) groups is 2. The Balaban J connectivity index is 1.79. The molecule has 1 heterocycles. The fourth-order valence-corrected chi connectivity index (χ4v) is 3.96. The van der Waals surface area contributed by atoms with Crippen molar-refractivity contribution in [1.29, 1.82) is 0 Å². The second-order valence-corrected chi connectivity index (χ2v) is 9.22. The summed E-state index contributed by atoms with van der Waals surface area (Å²) in [6.45, 7) is 6.03. The summed E-state index contributed by atoms with van der Waals surface area (Å²) in [6, 6.07) is 11.1. The maximum Gasteiger partial charge on any atom is 0.373 e. The number of carbonyl (C=O) groups excluding carboxylic acids is 2. The molecule has 0 amide bonds. The van der Waals surface area contributed by atoms with Crippen molar-refractivity contribution < 1.29 is 28.5 Å². The molecule has 0 saturated carbocycles. The lowest BCUT2D eigenvalue weighted by atomic mass is 9.77. The molecule has 2 N–H and O–H groups in total. The lowest BCUT2D eigenvalue weighted by Gasteiger charge is -2.40. The van der Waals surface area contributed by atoms with E-state index in [0.717, 1.165) is 5.56 Å². The van der Waals surface area contributed by atoms with Crippen molar-refractivity contribution in [2.24, 2.45) is 5.41 Å². The SMILES string of the molecule is CB(O)N[C@H](Cc1ccc(-c2cc(Cl)ccc2F)cc1)CC1(C)C(=O)OC(C)(C)OC1=O. The summed E-state index contributed by atoms with van der Waals surface area (Å²) >= 11 is 5.99. The molecule has 1 atom stereocenters. The first-order valence-corrected chi connectivity index (χ1v) is 10.7. The van der Waals surface area contributed by atoms with Crippen LogP contribution in [0, 0.1) is 11.2 Å². The van der Waals surface area contributed by atoms with E-state index in [1.807, 2.05) is 12.1 Å². The zero-order valence-electron chi connectivity index (χ0n) is 18.4. The first-order valence-electron chi connectivity index (χ1n) is 10.3. The maximum absolute atomic E-state index is 14.2. The van der Waals surface area contributed by atoms with Crippen LogP contribution in [0.1, 0.15) is 32.8 Å². The number of hydrogen-bond donors (Lipinski definition) is 2. The van der Waals surface area contributed by atoms with Crippen molar-refractivity contribution in [1.82, 2.24) is 5.23 Å². The van der Waals surface area contributed by atoms with Gasteiger partial charge in [0.1, 0.15) is 5.82 Å². The van der Waals surface area contributed by atoms with Crippen molar-refractivity contribution in [3.05, 3.63) is 58.9 Å². The molecule has 1 fully saturated rings. The van der Waals surface area contributed by atoms with Crippen LogP contribution in [0.4, 0.5) is 4.39 Å². The third-order valence-corrected chi connectivity index (χ3v) is 5.62. The van der Waals surface area contributed by atoms with E-state index in [1.165, 1.54) is 32.9 Å². The molecule has 1 saturated heterocycles. The van der Waals surface area contributed by atoms with E-state index in [-0.39, 0.29) is 12.2 Å². The van der Waals surface area contributed by atoms with Gasteiger partial charge in [-0.25, -0.2) is 4.39 Å². The lowest BCUT2D eigenvalue weighted by Crippen LogP contribution is -2.55. The Morgan fingerprint density at radius 3 is 2.25 bits per heavy atom. The van der Waals surface area contributed by atoms with E-state index in [9.17, 15) is 19.0 Å². The summed E-state index contributed by atoms with van der Waals surface area (Å²) in [5.74, 6) is -3.02. The number of halogens is 2. The maximum atomic E-state index is 14.2. The molecule has 1 aliphatic heterocycles. The number of ether oxygens (including phenoxy) is 2. The van der Waals surface area contributed by atoms with Gasteiger partial charge in [-0.1, -0.05) is 35.9 Å². The summed E-state index contributed by atoms with van der Waals surface area (Å²) in [4.78, 5) is 25.2. The van der Waals surface area contributed by atoms with Crippen LogP contribution in [0.5, 0.6) is 0 Å². The minimum atomic E-state index is -1.51. The first kappa shape index (κ1) is 24.2. The molecule has 0 bridgehead atoms. The van der Waals surface area contributed by atoms with E-state index in [4.69, 9.17) is 21.1 Å². The minimum Gasteiger partial charge on any atom is -0.437 e. The summed E-state index contributed by atoms with van der Waals surface area (Å²) in [5.41, 5.74) is 0.426. The van der Waals surface area contributed by atoms with Gasteiger partial charge in [-0.15, -0.1) is 0 Å². The fourth-order valence-electron chi connectivity index (χ4n) is 3.79. The predicted octanol–water partition coefficient (Wildman–Crippen LogP) is 3.99. The van der Waals surface area contributed by atoms with Gasteiger partial charge in [0.05, 0.1) is 0 Å². The van der Waals surface area contributed by atoms with Gasteiger partial charge >= 0.3 is 19.0 Å². The predicted molar refractivity (Wildman–Crippen MR) is 120 cm³/mol. The van der Waals surface area contributed by atoms with E-state index in [0.29, 0.717) is 22.6 Å². The van der Waals surface area contributed by atoms with Crippen LogP contribution in [0.15, 0.2) is 42.5 Å². The normalized spacial score (nSPS) is 18.0. The van der Waals surface area contributed by atoms with E-state index < -0.39 is 36.2 Å². The van der Waals surface area contributed by atoms with E-state index >= 15 is 0 Å². The van der Waals surface area contributed by atoms with Crippen LogP contribution in [-0.2, 0) is 25.5 Å². The number of rotatable bonds is 7. The molecule has 0 radical (unpaired) electrons. The Morgan fingerprint density at radius 1 is 1.09 bits per heavy atom. The Hall–Kier alpha value is -2.42. The molecular formula is C23H26BClFNO5. The van der Waals surface area contributed by atoms with Crippen molar-refractivity contribution in [2.45, 2.75) is 52.3 Å². The number of cyclic esters (lactones) is 2. The quantitative estimate of drug-likeness (QED) is 0.368. The third-order valence-electron chi connectivity index (χ3n) is 5.39. The van der Waals surface area contributed by atoms with Crippen molar-refractivity contribution in [2.75, 3.05) is 0 Å². The van der Waals surface area contributed by atoms with Gasteiger partial charge < -0.3 is 19.7 Å². The summed E-state index contributed by atoms with van der Waals surface area (Å²) in [6.07, 6.45) is 0.471. The standard InChI is InChI=1S/C23H26BClFNO5/c1-22(2)31-20(28)23(3,21(29)32-22)13-17(27-24(4)30)11-14-5-7-15(8-6-14)18-12-16(25)9-10-19(18)26/h5-10,12,17,27,30H,11,13H2,1-4H3/t17-/m1/s1. The summed E-state index contributed by atoms with van der Waals surface area (Å²) < 4.78 is 24.7. The molecule has 32 heavy (non-hydrogen) atoms. The molecule has 6 nitrogen and oxygen atoms in total. The van der Waals surface area contributed by atoms with Gasteiger partial charge in [-0.2, -0.15) is 0 Å².